The second kappa shape index (κ2) is 8.09. The fourth-order valence-corrected chi connectivity index (χ4v) is 3.76. The first-order chi connectivity index (χ1) is 8.57. The number of nitrogens with zero attached hydrogens (tertiary/aromatic N) is 1. The molecule has 1 fully saturated rings. The van der Waals surface area contributed by atoms with Crippen LogP contribution in [0.4, 0.5) is 0 Å². The summed E-state index contributed by atoms with van der Waals surface area (Å²) < 4.78 is 26.5. The molecular weight excluding hydrogens is 250 g/mol. The molecule has 1 unspecified atom stereocenters. The molecule has 0 radical (unpaired) electrons. The lowest BCUT2D eigenvalue weighted by atomic mass is 10.0. The number of nitrogens with one attached hydrogen (secondary N) is 2. The lowest BCUT2D eigenvalue weighted by Gasteiger charge is -2.23. The maximum Gasteiger partial charge on any atom is 0.211 e. The normalized spacial score (nSPS) is 21.4. The Hall–Kier alpha value is -0.170. The molecule has 5 nitrogen and oxygen atoms in total. The predicted molar refractivity (Wildman–Crippen MR) is 75.2 cm³/mol. The highest BCUT2D eigenvalue weighted by Gasteiger charge is 2.20. The van der Waals surface area contributed by atoms with E-state index in [0.717, 1.165) is 45.6 Å². The van der Waals surface area contributed by atoms with Crippen molar-refractivity contribution in [2.24, 2.45) is 5.92 Å². The van der Waals surface area contributed by atoms with Crippen LogP contribution in [0.15, 0.2) is 0 Å². The van der Waals surface area contributed by atoms with Gasteiger partial charge in [-0.25, -0.2) is 13.1 Å². The van der Waals surface area contributed by atoms with Crippen molar-refractivity contribution in [3.8, 4) is 0 Å². The minimum Gasteiger partial charge on any atom is -0.316 e. The summed E-state index contributed by atoms with van der Waals surface area (Å²) >= 11 is 0. The largest absolute Gasteiger partial charge is 0.316 e. The maximum atomic E-state index is 11.9. The van der Waals surface area contributed by atoms with Crippen LogP contribution in [-0.4, -0.2) is 58.3 Å². The number of hydrogen-bond acceptors (Lipinski definition) is 4. The first kappa shape index (κ1) is 15.9. The van der Waals surface area contributed by atoms with Crippen LogP contribution in [-0.2, 0) is 10.0 Å². The van der Waals surface area contributed by atoms with Gasteiger partial charge in [-0.05, 0) is 44.9 Å². The Morgan fingerprint density at radius 1 is 1.33 bits per heavy atom. The average Bonchev–Trinajstić information content (AvgIpc) is 2.35. The van der Waals surface area contributed by atoms with Crippen LogP contribution in [0.2, 0.25) is 0 Å². The zero-order valence-electron chi connectivity index (χ0n) is 11.6. The van der Waals surface area contributed by atoms with Crippen molar-refractivity contribution >= 4 is 10.0 Å². The fourth-order valence-electron chi connectivity index (χ4n) is 2.33. The molecule has 18 heavy (non-hydrogen) atoms. The van der Waals surface area contributed by atoms with Crippen molar-refractivity contribution in [1.29, 1.82) is 0 Å². The summed E-state index contributed by atoms with van der Waals surface area (Å²) in [5.74, 6) is 0.530. The standard InChI is InChI=1S/C12H27N3O2S/c1-3-15(4-2)9-8-14-18(16,17)11-12-6-5-7-13-10-12/h12-14H,3-11H2,1-2H3. The molecule has 0 amide bonds. The van der Waals surface area contributed by atoms with Gasteiger partial charge in [0.25, 0.3) is 0 Å². The first-order valence-corrected chi connectivity index (χ1v) is 8.63. The van der Waals surface area contributed by atoms with Crippen molar-refractivity contribution in [3.63, 3.8) is 0 Å². The molecule has 0 aliphatic carbocycles. The molecule has 0 saturated carbocycles. The summed E-state index contributed by atoms with van der Waals surface area (Å²) in [4.78, 5) is 2.21. The van der Waals surface area contributed by atoms with Crippen molar-refractivity contribution in [2.75, 3.05) is 45.0 Å². The average molecular weight is 277 g/mol. The van der Waals surface area contributed by atoms with Gasteiger partial charge in [-0.15, -0.1) is 0 Å². The molecule has 6 heteroatoms. The van der Waals surface area contributed by atoms with E-state index in [4.69, 9.17) is 0 Å². The summed E-state index contributed by atoms with van der Waals surface area (Å²) in [5.41, 5.74) is 0. The van der Waals surface area contributed by atoms with Crippen LogP contribution in [0.1, 0.15) is 26.7 Å². The maximum absolute atomic E-state index is 11.9. The molecule has 0 aromatic heterocycles. The zero-order valence-corrected chi connectivity index (χ0v) is 12.4. The van der Waals surface area contributed by atoms with Gasteiger partial charge in [-0.3, -0.25) is 0 Å². The summed E-state index contributed by atoms with van der Waals surface area (Å²) in [7, 11) is -3.11. The molecular formula is C12H27N3O2S. The quantitative estimate of drug-likeness (QED) is 0.667. The van der Waals surface area contributed by atoms with Gasteiger partial charge < -0.3 is 10.2 Å². The van der Waals surface area contributed by atoms with Crippen molar-refractivity contribution in [3.05, 3.63) is 0 Å². The van der Waals surface area contributed by atoms with E-state index in [1.807, 2.05) is 0 Å². The number of hydrogen-bond donors (Lipinski definition) is 2. The second-order valence-electron chi connectivity index (χ2n) is 4.92. The molecule has 1 saturated heterocycles. The van der Waals surface area contributed by atoms with Crippen LogP contribution < -0.4 is 10.0 Å². The van der Waals surface area contributed by atoms with Gasteiger partial charge in [0.05, 0.1) is 5.75 Å². The topological polar surface area (TPSA) is 61.4 Å². The van der Waals surface area contributed by atoms with Gasteiger partial charge in [0.1, 0.15) is 0 Å². The third-order valence-corrected chi connectivity index (χ3v) is 5.05. The van der Waals surface area contributed by atoms with Crippen LogP contribution in [0.5, 0.6) is 0 Å². The minimum absolute atomic E-state index is 0.262. The van der Waals surface area contributed by atoms with Gasteiger partial charge in [-0.1, -0.05) is 13.8 Å². The number of sulfonamides is 1. The van der Waals surface area contributed by atoms with E-state index in [0.29, 0.717) is 6.54 Å². The molecule has 0 aromatic rings. The Morgan fingerprint density at radius 3 is 2.61 bits per heavy atom. The number of likely N-dealkylation sites (N-methyl/N-ethyl adjacent to an activating group) is 1. The summed E-state index contributed by atoms with van der Waals surface area (Å²) in [5, 5.41) is 3.25. The lowest BCUT2D eigenvalue weighted by molar-refractivity contribution is 0.308. The van der Waals surface area contributed by atoms with Crippen molar-refractivity contribution < 1.29 is 8.42 Å². The lowest BCUT2D eigenvalue weighted by Crippen LogP contribution is -2.40. The number of rotatable bonds is 8. The van der Waals surface area contributed by atoms with Crippen LogP contribution >= 0.6 is 0 Å². The Labute approximate surface area is 111 Å². The Balaban J connectivity index is 2.26. The molecule has 1 atom stereocenters. The van der Waals surface area contributed by atoms with Gasteiger partial charge in [0.2, 0.25) is 10.0 Å². The van der Waals surface area contributed by atoms with Gasteiger partial charge >= 0.3 is 0 Å². The van der Waals surface area contributed by atoms with Gasteiger partial charge in [-0.2, -0.15) is 0 Å². The third-order valence-electron chi connectivity index (χ3n) is 3.50. The Kier molecular flexibility index (Phi) is 7.14. The van der Waals surface area contributed by atoms with E-state index >= 15 is 0 Å². The SMILES string of the molecule is CCN(CC)CCNS(=O)(=O)CC1CCCNC1. The molecule has 0 bridgehead atoms. The van der Waals surface area contributed by atoms with E-state index in [-0.39, 0.29) is 11.7 Å². The molecule has 108 valence electrons. The molecule has 1 aliphatic rings. The van der Waals surface area contributed by atoms with Gasteiger partial charge in [0.15, 0.2) is 0 Å². The number of piperidine rings is 1. The van der Waals surface area contributed by atoms with Crippen molar-refractivity contribution in [1.82, 2.24) is 14.9 Å². The molecule has 0 spiro atoms. The monoisotopic (exact) mass is 277 g/mol. The fraction of sp³-hybridized carbons (Fsp3) is 1.00. The van der Waals surface area contributed by atoms with Crippen LogP contribution in [0.25, 0.3) is 0 Å². The third kappa shape index (κ3) is 6.13. The minimum atomic E-state index is -3.11. The summed E-state index contributed by atoms with van der Waals surface area (Å²) in [6, 6.07) is 0. The predicted octanol–water partition coefficient (Wildman–Crippen LogP) is 0.247. The molecule has 1 rings (SSSR count). The van der Waals surface area contributed by atoms with Gasteiger partial charge in [0, 0.05) is 13.1 Å². The smallest absolute Gasteiger partial charge is 0.211 e. The van der Waals surface area contributed by atoms with Crippen LogP contribution in [0.3, 0.4) is 0 Å². The van der Waals surface area contributed by atoms with E-state index in [1.165, 1.54) is 0 Å². The van der Waals surface area contributed by atoms with E-state index in [2.05, 4.69) is 28.8 Å². The Morgan fingerprint density at radius 2 is 2.06 bits per heavy atom. The summed E-state index contributed by atoms with van der Waals surface area (Å²) in [6.07, 6.45) is 2.10. The highest BCUT2D eigenvalue weighted by molar-refractivity contribution is 7.89. The molecule has 0 aromatic carbocycles. The Bertz CT molecular complexity index is 309. The van der Waals surface area contributed by atoms with E-state index in [9.17, 15) is 8.42 Å². The van der Waals surface area contributed by atoms with Crippen molar-refractivity contribution in [2.45, 2.75) is 26.7 Å². The molecule has 2 N–H and O–H groups in total. The second-order valence-corrected chi connectivity index (χ2v) is 6.77. The molecule has 1 aliphatic heterocycles. The first-order valence-electron chi connectivity index (χ1n) is 6.97. The molecule has 1 heterocycles. The zero-order chi connectivity index (χ0) is 13.4. The highest BCUT2D eigenvalue weighted by atomic mass is 32.2. The van der Waals surface area contributed by atoms with E-state index < -0.39 is 10.0 Å². The highest BCUT2D eigenvalue weighted by Crippen LogP contribution is 2.11. The summed E-state index contributed by atoms with van der Waals surface area (Å²) in [6.45, 7) is 9.26. The van der Waals surface area contributed by atoms with Crippen LogP contribution in [0, 0.1) is 5.92 Å². The van der Waals surface area contributed by atoms with E-state index in [1.54, 1.807) is 0 Å².